The normalized spacial score (nSPS) is 27.1. The number of amides is 1. The van der Waals surface area contributed by atoms with Gasteiger partial charge in [-0.15, -0.1) is 0 Å². The number of hydrogen-bond acceptors (Lipinski definition) is 3. The van der Waals surface area contributed by atoms with Crippen molar-refractivity contribution in [2.45, 2.75) is 58.1 Å². The molecule has 2 fully saturated rings. The van der Waals surface area contributed by atoms with Crippen LogP contribution < -0.4 is 0 Å². The number of hydrogen-bond donors (Lipinski definition) is 1. The van der Waals surface area contributed by atoms with Crippen molar-refractivity contribution in [1.29, 1.82) is 0 Å². The molecule has 4 nitrogen and oxygen atoms in total. The van der Waals surface area contributed by atoms with E-state index in [1.54, 1.807) is 4.90 Å². The van der Waals surface area contributed by atoms with Crippen LogP contribution in [0.15, 0.2) is 0 Å². The molecule has 1 aliphatic carbocycles. The first-order chi connectivity index (χ1) is 7.85. The van der Waals surface area contributed by atoms with Gasteiger partial charge in [0.05, 0.1) is 12.6 Å². The Morgan fingerprint density at radius 2 is 2.12 bits per heavy atom. The van der Waals surface area contributed by atoms with Gasteiger partial charge in [-0.3, -0.25) is 0 Å². The third-order valence-electron chi connectivity index (χ3n) is 3.87. The van der Waals surface area contributed by atoms with Gasteiger partial charge in [0.1, 0.15) is 5.60 Å². The van der Waals surface area contributed by atoms with Crippen molar-refractivity contribution >= 4 is 6.09 Å². The summed E-state index contributed by atoms with van der Waals surface area (Å²) in [5, 5.41) is 9.39. The van der Waals surface area contributed by atoms with E-state index in [1.807, 2.05) is 20.8 Å². The van der Waals surface area contributed by atoms with Gasteiger partial charge in [-0.25, -0.2) is 4.79 Å². The molecule has 1 atom stereocenters. The third kappa shape index (κ3) is 2.57. The molecule has 2 aliphatic rings. The molecular weight excluding hydrogens is 218 g/mol. The molecule has 0 aromatic heterocycles. The highest BCUT2D eigenvalue weighted by molar-refractivity contribution is 5.69. The lowest BCUT2D eigenvalue weighted by Crippen LogP contribution is -2.42. The van der Waals surface area contributed by atoms with Gasteiger partial charge in [0.2, 0.25) is 0 Å². The molecule has 0 aromatic rings. The van der Waals surface area contributed by atoms with Crippen LogP contribution in [0.4, 0.5) is 4.79 Å². The van der Waals surface area contributed by atoms with Crippen LogP contribution in [-0.4, -0.2) is 40.9 Å². The first kappa shape index (κ1) is 12.7. The first-order valence-electron chi connectivity index (χ1n) is 6.46. The zero-order chi connectivity index (χ0) is 12.7. The Labute approximate surface area is 103 Å². The van der Waals surface area contributed by atoms with Crippen LogP contribution in [0.5, 0.6) is 0 Å². The van der Waals surface area contributed by atoms with Gasteiger partial charge in [-0.1, -0.05) is 6.42 Å². The standard InChI is InChI=1S/C13H23NO3/c1-12(2,3)17-11(16)14-9-13(5-4-6-13)7-10(14)8-15/h10,15H,4-9H2,1-3H3. The highest BCUT2D eigenvalue weighted by atomic mass is 16.6. The van der Waals surface area contributed by atoms with E-state index in [0.29, 0.717) is 0 Å². The zero-order valence-corrected chi connectivity index (χ0v) is 11.0. The van der Waals surface area contributed by atoms with Crippen molar-refractivity contribution < 1.29 is 14.6 Å². The predicted octanol–water partition coefficient (Wildman–Crippen LogP) is 2.16. The van der Waals surface area contributed by atoms with E-state index in [9.17, 15) is 9.90 Å². The Bertz CT molecular complexity index is 304. The molecule has 4 heteroatoms. The molecule has 17 heavy (non-hydrogen) atoms. The van der Waals surface area contributed by atoms with Gasteiger partial charge in [0, 0.05) is 6.54 Å². The van der Waals surface area contributed by atoms with Gasteiger partial charge in [-0.2, -0.15) is 0 Å². The summed E-state index contributed by atoms with van der Waals surface area (Å²) in [6, 6.07) is -0.0508. The first-order valence-corrected chi connectivity index (χ1v) is 6.46. The van der Waals surface area contributed by atoms with Gasteiger partial charge >= 0.3 is 6.09 Å². The van der Waals surface area contributed by atoms with E-state index < -0.39 is 5.60 Å². The number of likely N-dealkylation sites (tertiary alicyclic amines) is 1. The summed E-state index contributed by atoms with van der Waals surface area (Å²) in [6.07, 6.45) is 4.27. The highest BCUT2D eigenvalue weighted by Crippen LogP contribution is 2.50. The van der Waals surface area contributed by atoms with Crippen molar-refractivity contribution in [2.75, 3.05) is 13.2 Å². The average molecular weight is 241 g/mol. The van der Waals surface area contributed by atoms with Crippen LogP contribution in [0.3, 0.4) is 0 Å². The predicted molar refractivity (Wildman–Crippen MR) is 64.7 cm³/mol. The molecule has 98 valence electrons. The Hall–Kier alpha value is -0.770. The molecule has 0 bridgehead atoms. The van der Waals surface area contributed by atoms with Crippen LogP contribution in [0, 0.1) is 5.41 Å². The molecule has 1 spiro atoms. The van der Waals surface area contributed by atoms with Crippen LogP contribution in [0.2, 0.25) is 0 Å². The number of nitrogens with zero attached hydrogens (tertiary/aromatic N) is 1. The number of aliphatic hydroxyl groups is 1. The van der Waals surface area contributed by atoms with E-state index in [1.165, 1.54) is 19.3 Å². The Kier molecular flexibility index (Phi) is 3.10. The van der Waals surface area contributed by atoms with Gasteiger partial charge < -0.3 is 14.7 Å². The second-order valence-electron chi connectivity index (χ2n) is 6.50. The number of aliphatic hydroxyl groups excluding tert-OH is 1. The quantitative estimate of drug-likeness (QED) is 0.765. The lowest BCUT2D eigenvalue weighted by molar-refractivity contribution is 0.0149. The molecule has 1 N–H and O–H groups in total. The van der Waals surface area contributed by atoms with Crippen molar-refractivity contribution in [1.82, 2.24) is 4.90 Å². The maximum Gasteiger partial charge on any atom is 0.410 e. The molecule has 0 radical (unpaired) electrons. The van der Waals surface area contributed by atoms with Crippen molar-refractivity contribution in [2.24, 2.45) is 5.41 Å². The fraction of sp³-hybridized carbons (Fsp3) is 0.923. The molecule has 1 saturated carbocycles. The van der Waals surface area contributed by atoms with Crippen LogP contribution >= 0.6 is 0 Å². The van der Waals surface area contributed by atoms with E-state index in [4.69, 9.17) is 4.74 Å². The number of carbonyl (C=O) groups is 1. The number of ether oxygens (including phenoxy) is 1. The number of rotatable bonds is 1. The van der Waals surface area contributed by atoms with Gasteiger partial charge in [0.15, 0.2) is 0 Å². The molecule has 0 aromatic carbocycles. The molecule has 1 saturated heterocycles. The molecule has 1 heterocycles. The van der Waals surface area contributed by atoms with E-state index >= 15 is 0 Å². The minimum absolute atomic E-state index is 0.0427. The lowest BCUT2D eigenvalue weighted by Gasteiger charge is -2.38. The highest BCUT2D eigenvalue weighted by Gasteiger charge is 2.49. The van der Waals surface area contributed by atoms with E-state index in [0.717, 1.165) is 13.0 Å². The summed E-state index contributed by atoms with van der Waals surface area (Å²) >= 11 is 0. The zero-order valence-electron chi connectivity index (χ0n) is 11.0. The maximum atomic E-state index is 12.1. The summed E-state index contributed by atoms with van der Waals surface area (Å²) in [4.78, 5) is 13.8. The van der Waals surface area contributed by atoms with Gasteiger partial charge in [0.25, 0.3) is 0 Å². The molecule has 1 unspecified atom stereocenters. The summed E-state index contributed by atoms with van der Waals surface area (Å²) in [6.45, 7) is 6.41. The fourth-order valence-corrected chi connectivity index (χ4v) is 2.90. The second kappa shape index (κ2) is 4.16. The van der Waals surface area contributed by atoms with Crippen molar-refractivity contribution in [3.8, 4) is 0 Å². The van der Waals surface area contributed by atoms with Crippen LogP contribution in [0.25, 0.3) is 0 Å². The lowest BCUT2D eigenvalue weighted by atomic mass is 9.67. The topological polar surface area (TPSA) is 49.8 Å². The minimum atomic E-state index is -0.466. The van der Waals surface area contributed by atoms with E-state index in [2.05, 4.69) is 0 Å². The Morgan fingerprint density at radius 3 is 2.53 bits per heavy atom. The van der Waals surface area contributed by atoms with E-state index in [-0.39, 0.29) is 24.2 Å². The SMILES string of the molecule is CC(C)(C)OC(=O)N1CC2(CCC2)CC1CO. The summed E-state index contributed by atoms with van der Waals surface area (Å²) in [5.41, 5.74) is -0.184. The molecule has 2 rings (SSSR count). The molecule has 1 amide bonds. The third-order valence-corrected chi connectivity index (χ3v) is 3.87. The van der Waals surface area contributed by atoms with Crippen molar-refractivity contribution in [3.63, 3.8) is 0 Å². The van der Waals surface area contributed by atoms with Crippen molar-refractivity contribution in [3.05, 3.63) is 0 Å². The Balaban J connectivity index is 2.01. The van der Waals surface area contributed by atoms with Gasteiger partial charge in [-0.05, 0) is 45.4 Å². The molecular formula is C13H23NO3. The van der Waals surface area contributed by atoms with Crippen LogP contribution in [0.1, 0.15) is 46.5 Å². The average Bonchev–Trinajstić information content (AvgIpc) is 2.53. The monoisotopic (exact) mass is 241 g/mol. The fourth-order valence-electron chi connectivity index (χ4n) is 2.90. The Morgan fingerprint density at radius 1 is 1.47 bits per heavy atom. The summed E-state index contributed by atoms with van der Waals surface area (Å²) < 4.78 is 5.39. The summed E-state index contributed by atoms with van der Waals surface area (Å²) in [7, 11) is 0. The smallest absolute Gasteiger partial charge is 0.410 e. The molecule has 1 aliphatic heterocycles. The minimum Gasteiger partial charge on any atom is -0.444 e. The second-order valence-corrected chi connectivity index (χ2v) is 6.50. The van der Waals surface area contributed by atoms with Crippen LogP contribution in [-0.2, 0) is 4.74 Å². The number of carbonyl (C=O) groups excluding carboxylic acids is 1. The maximum absolute atomic E-state index is 12.1. The largest absolute Gasteiger partial charge is 0.444 e. The summed E-state index contributed by atoms with van der Waals surface area (Å²) in [5.74, 6) is 0.